The van der Waals surface area contributed by atoms with Crippen LogP contribution in [0.3, 0.4) is 0 Å². The molecule has 2 aromatic carbocycles. The number of rotatable bonds is 7. The first-order chi connectivity index (χ1) is 12.5. The molecule has 0 heterocycles. The number of nitro benzene ring substituents is 1. The number of hydrazone groups is 1. The van der Waals surface area contributed by atoms with Crippen LogP contribution in [0.15, 0.2) is 52.0 Å². The number of non-ortho nitro benzene ring substituents is 1. The van der Waals surface area contributed by atoms with Crippen molar-refractivity contribution < 1.29 is 9.66 Å². The zero-order valence-electron chi connectivity index (χ0n) is 13.9. The van der Waals surface area contributed by atoms with Crippen molar-refractivity contribution in [2.75, 3.05) is 6.54 Å². The van der Waals surface area contributed by atoms with Crippen molar-refractivity contribution in [1.29, 1.82) is 0 Å². The summed E-state index contributed by atoms with van der Waals surface area (Å²) in [6.45, 7) is 2.84. The fourth-order valence-corrected chi connectivity index (χ4v) is 2.61. The maximum atomic E-state index is 10.9. The predicted molar refractivity (Wildman–Crippen MR) is 109 cm³/mol. The molecule has 7 nitrogen and oxygen atoms in total. The fourth-order valence-electron chi connectivity index (χ4n) is 2.03. The number of halogens is 1. The summed E-state index contributed by atoms with van der Waals surface area (Å²) >= 11 is 8.46. The zero-order valence-corrected chi connectivity index (χ0v) is 16.3. The normalized spacial score (nSPS) is 10.5. The second-order valence-electron chi connectivity index (χ2n) is 5.13. The Hall–Kier alpha value is -2.52. The van der Waals surface area contributed by atoms with Crippen LogP contribution in [0, 0.1) is 10.1 Å². The highest BCUT2D eigenvalue weighted by molar-refractivity contribution is 9.10. The quantitative estimate of drug-likeness (QED) is 0.297. The second-order valence-corrected chi connectivity index (χ2v) is 6.45. The molecule has 0 aliphatic rings. The molecule has 2 aromatic rings. The van der Waals surface area contributed by atoms with Crippen LogP contribution >= 0.6 is 28.1 Å². The Morgan fingerprint density at radius 3 is 2.92 bits per heavy atom. The van der Waals surface area contributed by atoms with Gasteiger partial charge < -0.3 is 10.1 Å². The van der Waals surface area contributed by atoms with Gasteiger partial charge in [0.25, 0.3) is 5.69 Å². The Morgan fingerprint density at radius 1 is 1.38 bits per heavy atom. The Kier molecular flexibility index (Phi) is 7.49. The van der Waals surface area contributed by atoms with Crippen LogP contribution in [-0.2, 0) is 6.61 Å². The molecule has 9 heteroatoms. The van der Waals surface area contributed by atoms with Gasteiger partial charge in [-0.2, -0.15) is 5.10 Å². The van der Waals surface area contributed by atoms with Crippen LogP contribution in [0.5, 0.6) is 5.75 Å². The van der Waals surface area contributed by atoms with Crippen LogP contribution in [0.25, 0.3) is 0 Å². The highest BCUT2D eigenvalue weighted by Gasteiger charge is 2.08. The van der Waals surface area contributed by atoms with Crippen molar-refractivity contribution in [3.63, 3.8) is 0 Å². The van der Waals surface area contributed by atoms with Crippen molar-refractivity contribution >= 4 is 45.2 Å². The van der Waals surface area contributed by atoms with Gasteiger partial charge in [-0.1, -0.05) is 28.1 Å². The molecule has 0 spiro atoms. The molecule has 0 aliphatic heterocycles. The molecule has 2 N–H and O–H groups in total. The van der Waals surface area contributed by atoms with Gasteiger partial charge in [-0.25, -0.2) is 0 Å². The molecule has 0 fully saturated rings. The lowest BCUT2D eigenvalue weighted by atomic mass is 10.2. The van der Waals surface area contributed by atoms with Crippen molar-refractivity contribution in [3.05, 3.63) is 68.2 Å². The van der Waals surface area contributed by atoms with Crippen molar-refractivity contribution in [1.82, 2.24) is 10.7 Å². The third-order valence-electron chi connectivity index (χ3n) is 3.19. The van der Waals surface area contributed by atoms with Crippen LogP contribution in [0.2, 0.25) is 0 Å². The van der Waals surface area contributed by atoms with Gasteiger partial charge in [-0.05, 0) is 42.9 Å². The monoisotopic (exact) mass is 436 g/mol. The molecule has 0 aromatic heterocycles. The first-order valence-electron chi connectivity index (χ1n) is 7.72. The summed E-state index contributed by atoms with van der Waals surface area (Å²) in [5.41, 5.74) is 4.19. The Balaban J connectivity index is 2.09. The zero-order chi connectivity index (χ0) is 18.9. The van der Waals surface area contributed by atoms with E-state index in [0.29, 0.717) is 23.0 Å². The van der Waals surface area contributed by atoms with E-state index in [4.69, 9.17) is 17.0 Å². The van der Waals surface area contributed by atoms with Gasteiger partial charge in [-0.3, -0.25) is 15.5 Å². The van der Waals surface area contributed by atoms with Gasteiger partial charge in [0.1, 0.15) is 12.4 Å². The third-order valence-corrected chi connectivity index (χ3v) is 3.92. The first kappa shape index (κ1) is 19.8. The number of nitrogens with zero attached hydrogens (tertiary/aromatic N) is 2. The smallest absolute Gasteiger partial charge is 0.269 e. The summed E-state index contributed by atoms with van der Waals surface area (Å²) in [4.78, 5) is 10.4. The highest BCUT2D eigenvalue weighted by Crippen LogP contribution is 2.23. The molecule has 0 amide bonds. The van der Waals surface area contributed by atoms with Crippen molar-refractivity contribution in [3.8, 4) is 5.75 Å². The largest absolute Gasteiger partial charge is 0.488 e. The molecular weight excluding hydrogens is 420 g/mol. The molecule has 0 saturated carbocycles. The van der Waals surface area contributed by atoms with E-state index in [2.05, 4.69) is 31.8 Å². The summed E-state index contributed by atoms with van der Waals surface area (Å²) in [6.07, 6.45) is 1.59. The minimum absolute atomic E-state index is 0.0322. The predicted octanol–water partition coefficient (Wildman–Crippen LogP) is 3.75. The maximum Gasteiger partial charge on any atom is 0.269 e. The van der Waals surface area contributed by atoms with Gasteiger partial charge in [-0.15, -0.1) is 0 Å². The molecule has 0 atom stereocenters. The SMILES string of the molecule is CCNC(=S)N/N=C\c1cc(Br)ccc1OCc1cccc([N+](=O)[O-])c1. The minimum atomic E-state index is -0.430. The molecule has 136 valence electrons. The van der Waals surface area contributed by atoms with Crippen LogP contribution in [0.4, 0.5) is 5.69 Å². The lowest BCUT2D eigenvalue weighted by Crippen LogP contribution is -2.31. The summed E-state index contributed by atoms with van der Waals surface area (Å²) < 4.78 is 6.68. The van der Waals surface area contributed by atoms with Crippen molar-refractivity contribution in [2.24, 2.45) is 5.10 Å². The van der Waals surface area contributed by atoms with E-state index in [0.717, 1.165) is 10.0 Å². The summed E-state index contributed by atoms with van der Waals surface area (Å²) in [5, 5.41) is 18.3. The summed E-state index contributed by atoms with van der Waals surface area (Å²) in [7, 11) is 0. The lowest BCUT2D eigenvalue weighted by molar-refractivity contribution is -0.384. The molecule has 0 aliphatic carbocycles. The van der Waals surface area contributed by atoms with E-state index in [1.807, 2.05) is 19.1 Å². The summed E-state index contributed by atoms with van der Waals surface area (Å²) in [5.74, 6) is 0.597. The third kappa shape index (κ3) is 6.08. The van der Waals surface area contributed by atoms with Gasteiger partial charge in [0.05, 0.1) is 11.1 Å². The van der Waals surface area contributed by atoms with E-state index in [9.17, 15) is 10.1 Å². The first-order valence-corrected chi connectivity index (χ1v) is 8.92. The van der Waals surface area contributed by atoms with Gasteiger partial charge in [0.2, 0.25) is 0 Å². The number of nitro groups is 1. The summed E-state index contributed by atoms with van der Waals surface area (Å²) in [6, 6.07) is 11.8. The Bertz CT molecular complexity index is 829. The van der Waals surface area contributed by atoms with Crippen LogP contribution in [0.1, 0.15) is 18.1 Å². The molecule has 26 heavy (non-hydrogen) atoms. The van der Waals surface area contributed by atoms with E-state index in [-0.39, 0.29) is 12.3 Å². The van der Waals surface area contributed by atoms with Crippen LogP contribution in [-0.4, -0.2) is 22.8 Å². The second kappa shape index (κ2) is 9.83. The molecular formula is C17H17BrN4O3S. The number of thiocarbonyl (C=S) groups is 1. The average molecular weight is 437 g/mol. The number of hydrogen-bond acceptors (Lipinski definition) is 5. The maximum absolute atomic E-state index is 10.9. The fraction of sp³-hybridized carbons (Fsp3) is 0.176. The molecule has 0 bridgehead atoms. The Morgan fingerprint density at radius 2 is 2.19 bits per heavy atom. The van der Waals surface area contributed by atoms with E-state index in [1.165, 1.54) is 12.1 Å². The van der Waals surface area contributed by atoms with E-state index < -0.39 is 4.92 Å². The highest BCUT2D eigenvalue weighted by atomic mass is 79.9. The number of benzene rings is 2. The number of nitrogens with one attached hydrogen (secondary N) is 2. The number of hydrogen-bond donors (Lipinski definition) is 2. The minimum Gasteiger partial charge on any atom is -0.488 e. The van der Waals surface area contributed by atoms with Gasteiger partial charge in [0, 0.05) is 28.7 Å². The standard InChI is InChI=1S/C17H17BrN4O3S/c1-2-19-17(26)21-20-10-13-9-14(18)6-7-16(13)25-11-12-4-3-5-15(8-12)22(23)24/h3-10H,2,11H2,1H3,(H2,19,21,26)/b20-10-. The molecule has 0 radical (unpaired) electrons. The average Bonchev–Trinajstić information content (AvgIpc) is 2.61. The topological polar surface area (TPSA) is 88.8 Å². The van der Waals surface area contributed by atoms with Gasteiger partial charge >= 0.3 is 0 Å². The van der Waals surface area contributed by atoms with Crippen LogP contribution < -0.4 is 15.5 Å². The molecule has 0 saturated heterocycles. The van der Waals surface area contributed by atoms with E-state index in [1.54, 1.807) is 24.4 Å². The Labute approximate surface area is 164 Å². The van der Waals surface area contributed by atoms with E-state index >= 15 is 0 Å². The lowest BCUT2D eigenvalue weighted by Gasteiger charge is -2.10. The van der Waals surface area contributed by atoms with Gasteiger partial charge in [0.15, 0.2) is 5.11 Å². The number of ether oxygens (including phenoxy) is 1. The van der Waals surface area contributed by atoms with Crippen molar-refractivity contribution in [2.45, 2.75) is 13.5 Å². The molecule has 2 rings (SSSR count). The molecule has 0 unspecified atom stereocenters.